The van der Waals surface area contributed by atoms with Gasteiger partial charge in [0.05, 0.1) is 5.56 Å². The van der Waals surface area contributed by atoms with E-state index in [1.807, 2.05) is 11.8 Å². The van der Waals surface area contributed by atoms with E-state index in [0.29, 0.717) is 10.6 Å². The summed E-state index contributed by atoms with van der Waals surface area (Å²) in [6, 6.07) is 4.59. The largest absolute Gasteiger partial charge is 0.507 e. The van der Waals surface area contributed by atoms with Gasteiger partial charge in [-0.2, -0.15) is 11.8 Å². The Hall–Kier alpha value is -0.870. The number of benzene rings is 1. The van der Waals surface area contributed by atoms with Crippen LogP contribution < -0.4 is 0 Å². The molecule has 0 unspecified atom stereocenters. The fraction of sp³-hybridized carbons (Fsp3) is 0.364. The van der Waals surface area contributed by atoms with Crippen LogP contribution in [0, 0.1) is 0 Å². The second kappa shape index (κ2) is 4.97. The van der Waals surface area contributed by atoms with Crippen molar-refractivity contribution in [2.75, 3.05) is 24.6 Å². The van der Waals surface area contributed by atoms with Crippen LogP contribution in [-0.2, 0) is 0 Å². The number of hydrogen-bond donors (Lipinski definition) is 1. The summed E-state index contributed by atoms with van der Waals surface area (Å²) in [5, 5.41) is 10.1. The zero-order chi connectivity index (χ0) is 11.5. The first-order valence-corrected chi connectivity index (χ1v) is 6.57. The third kappa shape index (κ3) is 2.44. The van der Waals surface area contributed by atoms with Gasteiger partial charge in [0.1, 0.15) is 5.75 Å². The molecule has 1 aromatic rings. The fourth-order valence-corrected chi connectivity index (χ4v) is 2.69. The predicted octanol–water partition coefficient (Wildman–Crippen LogP) is 2.23. The van der Waals surface area contributed by atoms with Crippen LogP contribution in [-0.4, -0.2) is 40.5 Å². The maximum absolute atomic E-state index is 12.0. The molecular weight excluding hydrogens is 246 g/mol. The third-order valence-corrected chi connectivity index (χ3v) is 3.67. The number of thioether (sulfide) groups is 1. The zero-order valence-electron chi connectivity index (χ0n) is 8.65. The van der Waals surface area contributed by atoms with E-state index in [0.717, 1.165) is 24.6 Å². The molecule has 5 heteroatoms. The first kappa shape index (κ1) is 11.6. The van der Waals surface area contributed by atoms with Crippen LogP contribution in [0.3, 0.4) is 0 Å². The summed E-state index contributed by atoms with van der Waals surface area (Å²) in [7, 11) is 0. The summed E-state index contributed by atoms with van der Waals surface area (Å²) in [6.45, 7) is 1.48. The van der Waals surface area contributed by atoms with E-state index >= 15 is 0 Å². The van der Waals surface area contributed by atoms with Crippen molar-refractivity contribution in [1.82, 2.24) is 4.90 Å². The number of amides is 1. The third-order valence-electron chi connectivity index (χ3n) is 2.49. The molecule has 1 heterocycles. The molecule has 1 N–H and O–H groups in total. The first-order chi connectivity index (χ1) is 7.68. The molecule has 0 aromatic heterocycles. The summed E-state index contributed by atoms with van der Waals surface area (Å²) in [4.78, 5) is 13.8. The van der Waals surface area contributed by atoms with Gasteiger partial charge in [0.25, 0.3) is 5.91 Å². The van der Waals surface area contributed by atoms with Crippen LogP contribution in [0.4, 0.5) is 0 Å². The van der Waals surface area contributed by atoms with Gasteiger partial charge in [-0.3, -0.25) is 4.79 Å². The summed E-state index contributed by atoms with van der Waals surface area (Å²) < 4.78 is 0. The van der Waals surface area contributed by atoms with E-state index in [1.165, 1.54) is 6.07 Å². The van der Waals surface area contributed by atoms with Crippen LogP contribution in [0.5, 0.6) is 5.75 Å². The number of nitrogens with zero attached hydrogens (tertiary/aromatic N) is 1. The van der Waals surface area contributed by atoms with Crippen LogP contribution >= 0.6 is 23.4 Å². The number of phenols is 1. The molecule has 0 aliphatic carbocycles. The molecule has 2 rings (SSSR count). The van der Waals surface area contributed by atoms with Crippen molar-refractivity contribution in [2.24, 2.45) is 0 Å². The lowest BCUT2D eigenvalue weighted by Crippen LogP contribution is -2.37. The fourth-order valence-electron chi connectivity index (χ4n) is 1.62. The maximum atomic E-state index is 12.0. The summed E-state index contributed by atoms with van der Waals surface area (Å²) >= 11 is 7.56. The lowest BCUT2D eigenvalue weighted by molar-refractivity contribution is 0.0769. The van der Waals surface area contributed by atoms with Crippen LogP contribution in [0.1, 0.15) is 10.4 Å². The second-order valence-corrected chi connectivity index (χ2v) is 5.23. The Labute approximate surface area is 103 Å². The number of hydrogen-bond acceptors (Lipinski definition) is 3. The number of halogens is 1. The quantitative estimate of drug-likeness (QED) is 0.839. The molecule has 0 spiro atoms. The van der Waals surface area contributed by atoms with Crippen molar-refractivity contribution in [1.29, 1.82) is 0 Å². The van der Waals surface area contributed by atoms with Crippen molar-refractivity contribution in [3.05, 3.63) is 28.8 Å². The minimum atomic E-state index is -0.116. The molecule has 86 valence electrons. The Bertz CT molecular complexity index is 405. The number of carbonyl (C=O) groups is 1. The highest BCUT2D eigenvalue weighted by Gasteiger charge is 2.20. The Morgan fingerprint density at radius 3 is 2.69 bits per heavy atom. The zero-order valence-corrected chi connectivity index (χ0v) is 10.2. The van der Waals surface area contributed by atoms with E-state index in [4.69, 9.17) is 11.6 Å². The average molecular weight is 258 g/mol. The van der Waals surface area contributed by atoms with Crippen molar-refractivity contribution < 1.29 is 9.90 Å². The summed E-state index contributed by atoms with van der Waals surface area (Å²) in [5.74, 6) is 1.75. The van der Waals surface area contributed by atoms with E-state index < -0.39 is 0 Å². The molecule has 0 radical (unpaired) electrons. The Morgan fingerprint density at radius 1 is 1.38 bits per heavy atom. The van der Waals surface area contributed by atoms with E-state index in [1.54, 1.807) is 17.0 Å². The van der Waals surface area contributed by atoms with Crippen molar-refractivity contribution >= 4 is 29.3 Å². The van der Waals surface area contributed by atoms with Crippen molar-refractivity contribution in [3.63, 3.8) is 0 Å². The second-order valence-electron chi connectivity index (χ2n) is 3.57. The molecule has 1 aliphatic rings. The van der Waals surface area contributed by atoms with Gasteiger partial charge in [-0.15, -0.1) is 0 Å². The molecule has 1 saturated heterocycles. The van der Waals surface area contributed by atoms with Crippen LogP contribution in [0.15, 0.2) is 18.2 Å². The first-order valence-electron chi connectivity index (χ1n) is 5.04. The Balaban J connectivity index is 2.19. The molecule has 3 nitrogen and oxygen atoms in total. The number of rotatable bonds is 1. The minimum absolute atomic E-state index is 0.0456. The summed E-state index contributed by atoms with van der Waals surface area (Å²) in [6.07, 6.45) is 0. The number of carbonyl (C=O) groups excluding carboxylic acids is 1. The normalized spacial score (nSPS) is 16.2. The highest BCUT2D eigenvalue weighted by Crippen LogP contribution is 2.24. The van der Waals surface area contributed by atoms with Crippen LogP contribution in [0.25, 0.3) is 0 Å². The standard InChI is InChI=1S/C11H12ClNO2S/c12-8-1-2-9(10(14)7-8)11(15)13-3-5-16-6-4-13/h1-2,7,14H,3-6H2. The molecule has 1 amide bonds. The highest BCUT2D eigenvalue weighted by molar-refractivity contribution is 7.99. The SMILES string of the molecule is O=C(c1ccc(Cl)cc1O)N1CCSCC1. The van der Waals surface area contributed by atoms with Gasteiger partial charge in [0, 0.05) is 29.6 Å². The molecule has 0 atom stereocenters. The summed E-state index contributed by atoms with van der Waals surface area (Å²) in [5.41, 5.74) is 0.330. The molecule has 1 aliphatic heterocycles. The van der Waals surface area contributed by atoms with Gasteiger partial charge < -0.3 is 10.0 Å². The Morgan fingerprint density at radius 2 is 2.06 bits per heavy atom. The van der Waals surface area contributed by atoms with E-state index in [-0.39, 0.29) is 11.7 Å². The smallest absolute Gasteiger partial charge is 0.257 e. The highest BCUT2D eigenvalue weighted by atomic mass is 35.5. The monoisotopic (exact) mass is 257 g/mol. The minimum Gasteiger partial charge on any atom is -0.507 e. The predicted molar refractivity (Wildman–Crippen MR) is 66.3 cm³/mol. The number of phenolic OH excluding ortho intramolecular Hbond substituents is 1. The molecule has 16 heavy (non-hydrogen) atoms. The van der Waals surface area contributed by atoms with Gasteiger partial charge >= 0.3 is 0 Å². The van der Waals surface area contributed by atoms with E-state index in [9.17, 15) is 9.90 Å². The molecule has 0 saturated carbocycles. The van der Waals surface area contributed by atoms with Crippen molar-refractivity contribution in [3.8, 4) is 5.75 Å². The Kier molecular flexibility index (Phi) is 3.61. The molecule has 0 bridgehead atoms. The lowest BCUT2D eigenvalue weighted by Gasteiger charge is -2.26. The van der Waals surface area contributed by atoms with Gasteiger partial charge in [0.2, 0.25) is 0 Å². The topological polar surface area (TPSA) is 40.5 Å². The number of aromatic hydroxyl groups is 1. The lowest BCUT2D eigenvalue weighted by atomic mass is 10.1. The van der Waals surface area contributed by atoms with E-state index in [2.05, 4.69) is 0 Å². The molecule has 1 aromatic carbocycles. The van der Waals surface area contributed by atoms with Gasteiger partial charge in [-0.25, -0.2) is 0 Å². The van der Waals surface area contributed by atoms with Crippen LogP contribution in [0.2, 0.25) is 5.02 Å². The van der Waals surface area contributed by atoms with Crippen molar-refractivity contribution in [2.45, 2.75) is 0 Å². The molecule has 1 fully saturated rings. The van der Waals surface area contributed by atoms with Gasteiger partial charge in [-0.1, -0.05) is 11.6 Å². The van der Waals surface area contributed by atoms with Gasteiger partial charge in [0.15, 0.2) is 0 Å². The maximum Gasteiger partial charge on any atom is 0.257 e. The molecular formula is C11H12ClNO2S. The average Bonchev–Trinajstić information content (AvgIpc) is 2.29. The van der Waals surface area contributed by atoms with Gasteiger partial charge in [-0.05, 0) is 18.2 Å².